The molecule has 1 aliphatic heterocycles. The van der Waals surface area contributed by atoms with Crippen LogP contribution in [0.3, 0.4) is 0 Å². The molecule has 2 aromatic rings. The van der Waals surface area contributed by atoms with E-state index in [-0.39, 0.29) is 11.7 Å². The van der Waals surface area contributed by atoms with Crippen LogP contribution in [0.25, 0.3) is 0 Å². The largest absolute Gasteiger partial charge is 0.494 e. The van der Waals surface area contributed by atoms with Gasteiger partial charge < -0.3 is 9.64 Å². The average Bonchev–Trinajstić information content (AvgIpc) is 2.73. The van der Waals surface area contributed by atoms with Crippen molar-refractivity contribution in [3.8, 4) is 5.75 Å². The van der Waals surface area contributed by atoms with Crippen LogP contribution >= 0.6 is 0 Å². The van der Waals surface area contributed by atoms with E-state index in [1.165, 1.54) is 0 Å². The van der Waals surface area contributed by atoms with E-state index < -0.39 is 0 Å². The van der Waals surface area contributed by atoms with Gasteiger partial charge in [-0.1, -0.05) is 48.0 Å². The molecule has 1 heterocycles. The van der Waals surface area contributed by atoms with Gasteiger partial charge in [-0.05, 0) is 25.5 Å². The molecule has 3 rings (SSSR count). The number of Topliss-reactive ketones (excluding diaryl/α,β-unsaturated/α-hetero) is 1. The van der Waals surface area contributed by atoms with Crippen LogP contribution in [0.15, 0.2) is 54.6 Å². The highest BCUT2D eigenvalue weighted by Gasteiger charge is 2.22. The van der Waals surface area contributed by atoms with E-state index in [4.69, 9.17) is 4.74 Å². The maximum Gasteiger partial charge on any atom is 0.222 e. The highest BCUT2D eigenvalue weighted by atomic mass is 16.5. The second-order valence-electron chi connectivity index (χ2n) is 7.21. The van der Waals surface area contributed by atoms with Crippen LogP contribution in [0.2, 0.25) is 0 Å². The fourth-order valence-corrected chi connectivity index (χ4v) is 3.28. The summed E-state index contributed by atoms with van der Waals surface area (Å²) in [6.45, 7) is 5.81. The van der Waals surface area contributed by atoms with Gasteiger partial charge in [0, 0.05) is 38.2 Å². The van der Waals surface area contributed by atoms with Crippen LogP contribution in [0.4, 0.5) is 0 Å². The SMILES string of the molecule is Cc1ccc(C(=O)CN2CCN(C(=O)CCCOc3ccccc3)CC2)cc1. The standard InChI is InChI=1S/C23H28N2O3/c1-19-9-11-20(12-10-19)22(26)18-24-13-15-25(16-14-24)23(27)8-5-17-28-21-6-3-2-4-7-21/h2-4,6-7,9-12H,5,8,13-18H2,1H3. The Labute approximate surface area is 166 Å². The van der Waals surface area contributed by atoms with Crippen molar-refractivity contribution in [1.82, 2.24) is 9.80 Å². The molecule has 2 aromatic carbocycles. The molecule has 0 saturated carbocycles. The number of rotatable bonds is 8. The van der Waals surface area contributed by atoms with Gasteiger partial charge in [0.1, 0.15) is 5.75 Å². The zero-order valence-corrected chi connectivity index (χ0v) is 16.5. The van der Waals surface area contributed by atoms with Gasteiger partial charge in [0.05, 0.1) is 13.2 Å². The monoisotopic (exact) mass is 380 g/mol. The Kier molecular flexibility index (Phi) is 7.20. The number of ketones is 1. The molecule has 0 aromatic heterocycles. The van der Waals surface area contributed by atoms with E-state index in [1.54, 1.807) is 0 Å². The average molecular weight is 380 g/mol. The number of carbonyl (C=O) groups excluding carboxylic acids is 2. The van der Waals surface area contributed by atoms with Crippen molar-refractivity contribution >= 4 is 11.7 Å². The van der Waals surface area contributed by atoms with Gasteiger partial charge in [0.2, 0.25) is 5.91 Å². The molecule has 0 bridgehead atoms. The summed E-state index contributed by atoms with van der Waals surface area (Å²) in [5.41, 5.74) is 1.90. The Bertz CT molecular complexity index is 766. The predicted octanol–water partition coefficient (Wildman–Crippen LogP) is 3.18. The zero-order chi connectivity index (χ0) is 19.8. The van der Waals surface area contributed by atoms with Gasteiger partial charge in [-0.3, -0.25) is 14.5 Å². The van der Waals surface area contributed by atoms with Crippen LogP contribution in [-0.4, -0.2) is 60.8 Å². The van der Waals surface area contributed by atoms with Gasteiger partial charge in [0.15, 0.2) is 5.78 Å². The van der Waals surface area contributed by atoms with Gasteiger partial charge in [-0.25, -0.2) is 0 Å². The minimum absolute atomic E-state index is 0.137. The number of benzene rings is 2. The molecule has 1 saturated heterocycles. The third kappa shape index (κ3) is 5.92. The molecule has 5 heteroatoms. The van der Waals surface area contributed by atoms with Crippen LogP contribution in [0, 0.1) is 6.92 Å². The van der Waals surface area contributed by atoms with E-state index in [0.29, 0.717) is 39.1 Å². The maximum absolute atomic E-state index is 12.4. The van der Waals surface area contributed by atoms with Gasteiger partial charge in [0.25, 0.3) is 0 Å². The lowest BCUT2D eigenvalue weighted by Gasteiger charge is -2.34. The van der Waals surface area contributed by atoms with Crippen molar-refractivity contribution in [1.29, 1.82) is 0 Å². The quantitative estimate of drug-likeness (QED) is 0.521. The van der Waals surface area contributed by atoms with Crippen molar-refractivity contribution in [2.75, 3.05) is 39.3 Å². The molecule has 0 N–H and O–H groups in total. The number of hydrogen-bond acceptors (Lipinski definition) is 4. The minimum Gasteiger partial charge on any atom is -0.494 e. The minimum atomic E-state index is 0.137. The van der Waals surface area contributed by atoms with E-state index in [1.807, 2.05) is 66.4 Å². The van der Waals surface area contributed by atoms with Gasteiger partial charge in [-0.2, -0.15) is 0 Å². The topological polar surface area (TPSA) is 49.9 Å². The third-order valence-corrected chi connectivity index (χ3v) is 5.01. The summed E-state index contributed by atoms with van der Waals surface area (Å²) in [6, 6.07) is 17.3. The van der Waals surface area contributed by atoms with Crippen molar-refractivity contribution in [3.63, 3.8) is 0 Å². The summed E-state index contributed by atoms with van der Waals surface area (Å²) in [4.78, 5) is 28.8. The molecule has 28 heavy (non-hydrogen) atoms. The molecular formula is C23H28N2O3. The Hall–Kier alpha value is -2.66. The smallest absolute Gasteiger partial charge is 0.222 e. The molecule has 0 radical (unpaired) electrons. The normalized spacial score (nSPS) is 14.7. The number of ether oxygens (including phenoxy) is 1. The molecule has 1 amide bonds. The highest BCUT2D eigenvalue weighted by molar-refractivity contribution is 5.97. The molecule has 5 nitrogen and oxygen atoms in total. The molecule has 0 spiro atoms. The van der Waals surface area contributed by atoms with E-state index >= 15 is 0 Å². The Balaban J connectivity index is 1.34. The Morgan fingerprint density at radius 2 is 1.61 bits per heavy atom. The molecule has 0 aliphatic carbocycles. The molecular weight excluding hydrogens is 352 g/mol. The fourth-order valence-electron chi connectivity index (χ4n) is 3.28. The summed E-state index contributed by atoms with van der Waals surface area (Å²) in [5, 5.41) is 0. The second kappa shape index (κ2) is 10.0. The molecule has 1 aliphatic rings. The molecule has 0 unspecified atom stereocenters. The Morgan fingerprint density at radius 3 is 2.29 bits per heavy atom. The second-order valence-corrected chi connectivity index (χ2v) is 7.21. The number of piperazine rings is 1. The molecule has 0 atom stereocenters. The zero-order valence-electron chi connectivity index (χ0n) is 16.5. The lowest BCUT2D eigenvalue weighted by molar-refractivity contribution is -0.133. The molecule has 148 valence electrons. The Morgan fingerprint density at radius 1 is 0.929 bits per heavy atom. The number of carbonyl (C=O) groups is 2. The number of amides is 1. The number of hydrogen-bond donors (Lipinski definition) is 0. The summed E-state index contributed by atoms with van der Waals surface area (Å²) in [5.74, 6) is 1.14. The van der Waals surface area contributed by atoms with Crippen molar-refractivity contribution in [2.24, 2.45) is 0 Å². The number of para-hydroxylation sites is 1. The first-order valence-corrected chi connectivity index (χ1v) is 9.89. The van der Waals surface area contributed by atoms with Crippen molar-refractivity contribution < 1.29 is 14.3 Å². The van der Waals surface area contributed by atoms with Crippen LogP contribution in [0.1, 0.15) is 28.8 Å². The lowest BCUT2D eigenvalue weighted by atomic mass is 10.1. The van der Waals surface area contributed by atoms with E-state index in [0.717, 1.165) is 30.0 Å². The van der Waals surface area contributed by atoms with E-state index in [9.17, 15) is 9.59 Å². The third-order valence-electron chi connectivity index (χ3n) is 5.01. The maximum atomic E-state index is 12.4. The molecule has 1 fully saturated rings. The van der Waals surface area contributed by atoms with Crippen LogP contribution in [-0.2, 0) is 4.79 Å². The summed E-state index contributed by atoms with van der Waals surface area (Å²) < 4.78 is 5.64. The summed E-state index contributed by atoms with van der Waals surface area (Å²) in [6.07, 6.45) is 1.20. The van der Waals surface area contributed by atoms with Crippen LogP contribution in [0.5, 0.6) is 5.75 Å². The predicted molar refractivity (Wildman–Crippen MR) is 110 cm³/mol. The first-order chi connectivity index (χ1) is 13.6. The number of aryl methyl sites for hydroxylation is 1. The van der Waals surface area contributed by atoms with Gasteiger partial charge in [-0.15, -0.1) is 0 Å². The van der Waals surface area contributed by atoms with Crippen molar-refractivity contribution in [3.05, 3.63) is 65.7 Å². The number of nitrogens with zero attached hydrogens (tertiary/aromatic N) is 2. The first-order valence-electron chi connectivity index (χ1n) is 9.89. The van der Waals surface area contributed by atoms with Crippen LogP contribution < -0.4 is 4.74 Å². The van der Waals surface area contributed by atoms with E-state index in [2.05, 4.69) is 4.90 Å². The highest BCUT2D eigenvalue weighted by Crippen LogP contribution is 2.11. The fraction of sp³-hybridized carbons (Fsp3) is 0.391. The summed E-state index contributed by atoms with van der Waals surface area (Å²) >= 11 is 0. The summed E-state index contributed by atoms with van der Waals surface area (Å²) in [7, 11) is 0. The lowest BCUT2D eigenvalue weighted by Crippen LogP contribution is -2.49. The first kappa shape index (κ1) is 20.1. The van der Waals surface area contributed by atoms with Gasteiger partial charge >= 0.3 is 0 Å². The van der Waals surface area contributed by atoms with Crippen molar-refractivity contribution in [2.45, 2.75) is 19.8 Å².